The van der Waals surface area contributed by atoms with Crippen LogP contribution in [0.25, 0.3) is 0 Å². The maximum Gasteiger partial charge on any atom is 0.147 e. The van der Waals surface area contributed by atoms with Gasteiger partial charge in [-0.15, -0.1) is 0 Å². The maximum atomic E-state index is 13.5. The van der Waals surface area contributed by atoms with Crippen LogP contribution in [0.4, 0.5) is 10.1 Å². The Morgan fingerprint density at radius 3 is 2.88 bits per heavy atom. The highest BCUT2D eigenvalue weighted by molar-refractivity contribution is 5.95. The Hall–Kier alpha value is -1.89. The van der Waals surface area contributed by atoms with Crippen molar-refractivity contribution in [3.8, 4) is 6.07 Å². The van der Waals surface area contributed by atoms with Gasteiger partial charge in [-0.05, 0) is 31.0 Å². The Labute approximate surface area is 93.6 Å². The molecule has 0 saturated heterocycles. The van der Waals surface area contributed by atoms with Crippen molar-refractivity contribution in [3.05, 3.63) is 29.6 Å². The average molecular weight is 217 g/mol. The topological polar surface area (TPSA) is 48.2 Å². The zero-order valence-electron chi connectivity index (χ0n) is 8.83. The fourth-order valence-corrected chi connectivity index (χ4v) is 1.64. The first kappa shape index (κ1) is 10.6. The SMILES string of the molecule is N#Cc1ccc(NC2=NCCCC2)c(F)c1. The number of aliphatic imine (C=N–C) groups is 1. The van der Waals surface area contributed by atoms with E-state index in [1.807, 2.05) is 6.07 Å². The van der Waals surface area contributed by atoms with E-state index in [1.165, 1.54) is 6.07 Å². The van der Waals surface area contributed by atoms with E-state index in [0.29, 0.717) is 11.3 Å². The smallest absolute Gasteiger partial charge is 0.147 e. The highest BCUT2D eigenvalue weighted by Crippen LogP contribution is 2.17. The van der Waals surface area contributed by atoms with Crippen LogP contribution in [-0.2, 0) is 0 Å². The molecule has 3 nitrogen and oxygen atoms in total. The van der Waals surface area contributed by atoms with Gasteiger partial charge >= 0.3 is 0 Å². The van der Waals surface area contributed by atoms with Gasteiger partial charge in [0, 0.05) is 13.0 Å². The quantitative estimate of drug-likeness (QED) is 0.786. The van der Waals surface area contributed by atoms with Gasteiger partial charge in [-0.25, -0.2) is 4.39 Å². The highest BCUT2D eigenvalue weighted by Gasteiger charge is 2.08. The van der Waals surface area contributed by atoms with Gasteiger partial charge in [0.1, 0.15) is 11.7 Å². The minimum Gasteiger partial charge on any atom is -0.342 e. The van der Waals surface area contributed by atoms with Crippen molar-refractivity contribution in [1.29, 1.82) is 5.26 Å². The standard InChI is InChI=1S/C12H12FN3/c13-10-7-9(8-14)4-5-11(10)16-12-3-1-2-6-15-12/h4-5,7H,1-3,6H2,(H,15,16). The number of anilines is 1. The van der Waals surface area contributed by atoms with Crippen molar-refractivity contribution < 1.29 is 4.39 Å². The molecule has 0 radical (unpaired) electrons. The lowest BCUT2D eigenvalue weighted by Gasteiger charge is -2.14. The van der Waals surface area contributed by atoms with Gasteiger partial charge in [-0.1, -0.05) is 0 Å². The number of amidine groups is 1. The van der Waals surface area contributed by atoms with E-state index in [-0.39, 0.29) is 0 Å². The van der Waals surface area contributed by atoms with Crippen LogP contribution in [0, 0.1) is 17.1 Å². The number of rotatable bonds is 1. The summed E-state index contributed by atoms with van der Waals surface area (Å²) in [6.45, 7) is 0.806. The fraction of sp³-hybridized carbons (Fsp3) is 0.333. The molecule has 0 atom stereocenters. The number of hydrogen-bond donors (Lipinski definition) is 1. The highest BCUT2D eigenvalue weighted by atomic mass is 19.1. The summed E-state index contributed by atoms with van der Waals surface area (Å²) >= 11 is 0. The van der Waals surface area contributed by atoms with Crippen molar-refractivity contribution in [2.24, 2.45) is 4.99 Å². The molecule has 0 fully saturated rings. The number of nitrogens with one attached hydrogen (secondary N) is 1. The second-order valence-corrected chi connectivity index (χ2v) is 3.72. The number of nitrogens with zero attached hydrogens (tertiary/aromatic N) is 2. The summed E-state index contributed by atoms with van der Waals surface area (Å²) in [4.78, 5) is 4.28. The zero-order chi connectivity index (χ0) is 11.4. The molecule has 1 aromatic rings. The summed E-state index contributed by atoms with van der Waals surface area (Å²) in [7, 11) is 0. The number of halogens is 1. The molecule has 1 heterocycles. The fourth-order valence-electron chi connectivity index (χ4n) is 1.64. The third-order valence-electron chi connectivity index (χ3n) is 2.50. The molecule has 0 amide bonds. The van der Waals surface area contributed by atoms with E-state index in [9.17, 15) is 4.39 Å². The third kappa shape index (κ3) is 2.37. The lowest BCUT2D eigenvalue weighted by molar-refractivity contribution is 0.631. The van der Waals surface area contributed by atoms with Crippen molar-refractivity contribution in [1.82, 2.24) is 0 Å². The second-order valence-electron chi connectivity index (χ2n) is 3.72. The zero-order valence-corrected chi connectivity index (χ0v) is 8.83. The minimum atomic E-state index is -0.410. The van der Waals surface area contributed by atoms with Crippen LogP contribution in [0.3, 0.4) is 0 Å². The van der Waals surface area contributed by atoms with Gasteiger partial charge in [0.15, 0.2) is 0 Å². The molecule has 82 valence electrons. The van der Waals surface area contributed by atoms with Gasteiger partial charge in [-0.2, -0.15) is 5.26 Å². The predicted octanol–water partition coefficient (Wildman–Crippen LogP) is 2.69. The normalized spacial score (nSPS) is 15.1. The molecule has 1 aliphatic heterocycles. The Morgan fingerprint density at radius 2 is 2.25 bits per heavy atom. The molecular weight excluding hydrogens is 205 g/mol. The van der Waals surface area contributed by atoms with Crippen molar-refractivity contribution in [3.63, 3.8) is 0 Å². The number of hydrogen-bond acceptors (Lipinski definition) is 3. The van der Waals surface area contributed by atoms with E-state index >= 15 is 0 Å². The first-order valence-corrected chi connectivity index (χ1v) is 5.29. The van der Waals surface area contributed by atoms with Gasteiger partial charge in [0.2, 0.25) is 0 Å². The van der Waals surface area contributed by atoms with E-state index < -0.39 is 5.82 Å². The molecule has 0 saturated carbocycles. The largest absolute Gasteiger partial charge is 0.342 e. The second kappa shape index (κ2) is 4.75. The molecule has 0 aliphatic carbocycles. The average Bonchev–Trinajstić information content (AvgIpc) is 2.33. The van der Waals surface area contributed by atoms with Gasteiger partial charge < -0.3 is 5.32 Å². The predicted molar refractivity (Wildman–Crippen MR) is 60.9 cm³/mol. The van der Waals surface area contributed by atoms with Crippen molar-refractivity contribution in [2.75, 3.05) is 11.9 Å². The third-order valence-corrected chi connectivity index (χ3v) is 2.50. The Balaban J connectivity index is 2.15. The van der Waals surface area contributed by atoms with Crippen LogP contribution in [0.5, 0.6) is 0 Å². The van der Waals surface area contributed by atoms with E-state index in [2.05, 4.69) is 10.3 Å². The maximum absolute atomic E-state index is 13.5. The summed E-state index contributed by atoms with van der Waals surface area (Å²) in [6, 6.07) is 6.29. The van der Waals surface area contributed by atoms with Crippen LogP contribution >= 0.6 is 0 Å². The van der Waals surface area contributed by atoms with Crippen LogP contribution in [0.15, 0.2) is 23.2 Å². The molecule has 0 unspecified atom stereocenters. The molecule has 1 aromatic carbocycles. The molecule has 1 aliphatic rings. The molecule has 1 N–H and O–H groups in total. The summed E-state index contributed by atoms with van der Waals surface area (Å²) in [5.74, 6) is 0.419. The van der Waals surface area contributed by atoms with Gasteiger partial charge in [-0.3, -0.25) is 4.99 Å². The minimum absolute atomic E-state index is 0.327. The molecule has 16 heavy (non-hydrogen) atoms. The first-order valence-electron chi connectivity index (χ1n) is 5.29. The Bertz CT molecular complexity index is 460. The molecule has 2 rings (SSSR count). The molecule has 4 heteroatoms. The monoisotopic (exact) mass is 217 g/mol. The van der Waals surface area contributed by atoms with Crippen molar-refractivity contribution in [2.45, 2.75) is 19.3 Å². The van der Waals surface area contributed by atoms with E-state index in [0.717, 1.165) is 31.6 Å². The van der Waals surface area contributed by atoms with E-state index in [1.54, 1.807) is 12.1 Å². The summed E-state index contributed by atoms with van der Waals surface area (Å²) in [6.07, 6.45) is 3.05. The van der Waals surface area contributed by atoms with E-state index in [4.69, 9.17) is 5.26 Å². The number of nitriles is 1. The Morgan fingerprint density at radius 1 is 1.38 bits per heavy atom. The molecule has 0 aromatic heterocycles. The first-order chi connectivity index (χ1) is 7.79. The lowest BCUT2D eigenvalue weighted by Crippen LogP contribution is -2.16. The summed E-state index contributed by atoms with van der Waals surface area (Å²) in [5, 5.41) is 11.6. The molecular formula is C12H12FN3. The Kier molecular flexibility index (Phi) is 3.16. The van der Waals surface area contributed by atoms with Crippen LogP contribution in [-0.4, -0.2) is 12.4 Å². The summed E-state index contributed by atoms with van der Waals surface area (Å²) < 4.78 is 13.5. The van der Waals surface area contributed by atoms with Crippen LogP contribution in [0.2, 0.25) is 0 Å². The number of benzene rings is 1. The lowest BCUT2D eigenvalue weighted by atomic mass is 10.1. The molecule has 0 bridgehead atoms. The van der Waals surface area contributed by atoms with Crippen molar-refractivity contribution >= 4 is 11.5 Å². The van der Waals surface area contributed by atoms with Crippen LogP contribution in [0.1, 0.15) is 24.8 Å². The molecule has 0 spiro atoms. The summed E-state index contributed by atoms with van der Waals surface area (Å²) in [5.41, 5.74) is 0.716. The van der Waals surface area contributed by atoms with Gasteiger partial charge in [0.05, 0.1) is 17.3 Å². The van der Waals surface area contributed by atoms with Crippen LogP contribution < -0.4 is 5.32 Å². The van der Waals surface area contributed by atoms with Gasteiger partial charge in [0.25, 0.3) is 0 Å².